The Morgan fingerprint density at radius 1 is 0.821 bits per heavy atom. The molecule has 0 aliphatic heterocycles. The molecule has 0 saturated heterocycles. The molecule has 39 heavy (non-hydrogen) atoms. The second kappa shape index (κ2) is 13.2. The summed E-state index contributed by atoms with van der Waals surface area (Å²) in [5.74, 6) is 4.37. The van der Waals surface area contributed by atoms with Crippen LogP contribution in [0.2, 0.25) is 0 Å². The lowest BCUT2D eigenvalue weighted by Gasteiger charge is -2.35. The molecular formula is C37H38N2. The van der Waals surface area contributed by atoms with E-state index in [1.54, 1.807) is 0 Å². The van der Waals surface area contributed by atoms with E-state index in [4.69, 9.17) is 6.42 Å². The van der Waals surface area contributed by atoms with Gasteiger partial charge in [0, 0.05) is 41.7 Å². The molecule has 2 heteroatoms. The molecule has 0 radical (unpaired) electrons. The van der Waals surface area contributed by atoms with Crippen molar-refractivity contribution < 1.29 is 0 Å². The van der Waals surface area contributed by atoms with Crippen LogP contribution >= 0.6 is 0 Å². The van der Waals surface area contributed by atoms with Crippen LogP contribution in [0.25, 0.3) is 0 Å². The Bertz CT molecular complexity index is 1360. The molecule has 2 aromatic carbocycles. The second-order valence-corrected chi connectivity index (χ2v) is 11.0. The summed E-state index contributed by atoms with van der Waals surface area (Å²) < 4.78 is 0. The number of hydrogen-bond donors (Lipinski definition) is 0. The van der Waals surface area contributed by atoms with Gasteiger partial charge in [0.1, 0.15) is 0 Å². The molecule has 2 nitrogen and oxygen atoms in total. The van der Waals surface area contributed by atoms with Crippen LogP contribution in [-0.4, -0.2) is 9.97 Å². The van der Waals surface area contributed by atoms with E-state index in [0.717, 1.165) is 42.6 Å². The second-order valence-electron chi connectivity index (χ2n) is 11.0. The van der Waals surface area contributed by atoms with Crippen molar-refractivity contribution in [3.8, 4) is 12.3 Å². The average Bonchev–Trinajstić information content (AvgIpc) is 2.99. The summed E-state index contributed by atoms with van der Waals surface area (Å²) in [6.07, 6.45) is 18.1. The van der Waals surface area contributed by atoms with Gasteiger partial charge < -0.3 is 0 Å². The van der Waals surface area contributed by atoms with Crippen LogP contribution in [0.3, 0.4) is 0 Å². The fraction of sp³-hybridized carbons (Fsp3) is 0.297. The monoisotopic (exact) mass is 510 g/mol. The van der Waals surface area contributed by atoms with Crippen molar-refractivity contribution in [1.29, 1.82) is 0 Å². The molecule has 1 fully saturated rings. The minimum atomic E-state index is 0.395. The lowest BCUT2D eigenvalue weighted by molar-refractivity contribution is 0.251. The van der Waals surface area contributed by atoms with Gasteiger partial charge in [-0.1, -0.05) is 78.7 Å². The number of aryl methyl sites for hydroxylation is 1. The number of nitrogens with zero attached hydrogens (tertiary/aromatic N) is 2. The molecule has 1 aliphatic carbocycles. The van der Waals surface area contributed by atoms with Crippen LogP contribution in [0.15, 0.2) is 109 Å². The van der Waals surface area contributed by atoms with Crippen molar-refractivity contribution in [3.63, 3.8) is 0 Å². The van der Waals surface area contributed by atoms with Gasteiger partial charge in [0.15, 0.2) is 0 Å². The number of terminal acetylenes is 1. The van der Waals surface area contributed by atoms with Crippen LogP contribution in [-0.2, 0) is 19.3 Å². The highest BCUT2D eigenvalue weighted by Gasteiger charge is 2.30. The van der Waals surface area contributed by atoms with E-state index in [1.165, 1.54) is 47.9 Å². The third-order valence-corrected chi connectivity index (χ3v) is 8.32. The van der Waals surface area contributed by atoms with Crippen molar-refractivity contribution in [2.45, 2.75) is 57.3 Å². The zero-order valence-corrected chi connectivity index (χ0v) is 22.8. The van der Waals surface area contributed by atoms with Crippen LogP contribution in [0.4, 0.5) is 0 Å². The first-order valence-corrected chi connectivity index (χ1v) is 14.3. The molecule has 1 atom stereocenters. The number of benzene rings is 2. The summed E-state index contributed by atoms with van der Waals surface area (Å²) in [7, 11) is 0. The van der Waals surface area contributed by atoms with Crippen molar-refractivity contribution in [1.82, 2.24) is 9.97 Å². The number of aromatic nitrogens is 2. The fourth-order valence-corrected chi connectivity index (χ4v) is 6.15. The van der Waals surface area contributed by atoms with Gasteiger partial charge in [-0.05, 0) is 97.7 Å². The first kappa shape index (κ1) is 26.6. The highest BCUT2D eigenvalue weighted by Crippen LogP contribution is 2.43. The van der Waals surface area contributed by atoms with E-state index in [2.05, 4.69) is 95.3 Å². The van der Waals surface area contributed by atoms with Crippen LogP contribution in [0.1, 0.15) is 71.7 Å². The van der Waals surface area contributed by atoms with Gasteiger partial charge in [-0.25, -0.2) is 0 Å². The van der Waals surface area contributed by atoms with E-state index in [-0.39, 0.29) is 0 Å². The van der Waals surface area contributed by atoms with Gasteiger partial charge in [0.25, 0.3) is 0 Å². The molecule has 2 heterocycles. The summed E-state index contributed by atoms with van der Waals surface area (Å²) in [5, 5.41) is 0. The Labute approximate surface area is 234 Å². The maximum atomic E-state index is 5.50. The van der Waals surface area contributed by atoms with Gasteiger partial charge in [-0.15, -0.1) is 6.42 Å². The molecule has 5 rings (SSSR count). The maximum Gasteiger partial charge on any atom is 0.0447 e. The summed E-state index contributed by atoms with van der Waals surface area (Å²) >= 11 is 0. The third kappa shape index (κ3) is 7.33. The molecule has 1 saturated carbocycles. The molecule has 0 N–H and O–H groups in total. The van der Waals surface area contributed by atoms with Gasteiger partial charge >= 0.3 is 0 Å². The SMILES string of the molecule is C#Cc1ccc(CC2CCC(C(C(=C)CCc3ccccc3)c3ccc(Cc4ccccn4)cc3)CC2)nc1. The first-order chi connectivity index (χ1) is 19.2. The van der Waals surface area contributed by atoms with Gasteiger partial charge in [-0.2, -0.15) is 0 Å². The number of pyridine rings is 2. The number of rotatable bonds is 10. The Hall–Kier alpha value is -3.96. The highest BCUT2D eigenvalue weighted by molar-refractivity contribution is 5.34. The van der Waals surface area contributed by atoms with Crippen LogP contribution in [0.5, 0.6) is 0 Å². The Balaban J connectivity index is 1.27. The molecule has 0 spiro atoms. The molecule has 1 unspecified atom stereocenters. The van der Waals surface area contributed by atoms with E-state index < -0.39 is 0 Å². The minimum absolute atomic E-state index is 0.395. The largest absolute Gasteiger partial charge is 0.261 e. The van der Waals surface area contributed by atoms with E-state index >= 15 is 0 Å². The minimum Gasteiger partial charge on any atom is -0.261 e. The molecule has 4 aromatic rings. The Kier molecular flexibility index (Phi) is 9.02. The Morgan fingerprint density at radius 2 is 1.59 bits per heavy atom. The lowest BCUT2D eigenvalue weighted by atomic mass is 9.69. The van der Waals surface area contributed by atoms with Gasteiger partial charge in [-0.3, -0.25) is 9.97 Å². The van der Waals surface area contributed by atoms with Crippen molar-refractivity contribution in [2.24, 2.45) is 11.8 Å². The fourth-order valence-electron chi connectivity index (χ4n) is 6.15. The predicted octanol–water partition coefficient (Wildman–Crippen LogP) is 8.37. The molecule has 0 bridgehead atoms. The zero-order chi connectivity index (χ0) is 26.9. The smallest absolute Gasteiger partial charge is 0.0447 e. The summed E-state index contributed by atoms with van der Waals surface area (Å²) in [6.45, 7) is 4.68. The highest BCUT2D eigenvalue weighted by atomic mass is 14.7. The lowest BCUT2D eigenvalue weighted by Crippen LogP contribution is -2.23. The first-order valence-electron chi connectivity index (χ1n) is 14.3. The number of hydrogen-bond acceptors (Lipinski definition) is 2. The summed E-state index contributed by atoms with van der Waals surface area (Å²) in [6, 6.07) is 30.3. The number of allylic oxidation sites excluding steroid dienone is 1. The molecule has 2 aromatic heterocycles. The van der Waals surface area contributed by atoms with Crippen LogP contribution < -0.4 is 0 Å². The average molecular weight is 511 g/mol. The van der Waals surface area contributed by atoms with E-state index in [9.17, 15) is 0 Å². The summed E-state index contributed by atoms with van der Waals surface area (Å²) in [4.78, 5) is 9.11. The zero-order valence-electron chi connectivity index (χ0n) is 22.8. The van der Waals surface area contributed by atoms with Gasteiger partial charge in [0.05, 0.1) is 0 Å². The van der Waals surface area contributed by atoms with Crippen molar-refractivity contribution in [2.75, 3.05) is 0 Å². The molecule has 0 amide bonds. The van der Waals surface area contributed by atoms with Crippen LogP contribution in [0, 0.1) is 24.2 Å². The third-order valence-electron chi connectivity index (χ3n) is 8.32. The quantitative estimate of drug-likeness (QED) is 0.158. The predicted molar refractivity (Wildman–Crippen MR) is 161 cm³/mol. The van der Waals surface area contributed by atoms with E-state index in [1.807, 2.05) is 24.5 Å². The van der Waals surface area contributed by atoms with Crippen molar-refractivity contribution in [3.05, 3.63) is 143 Å². The normalized spacial score (nSPS) is 17.7. The molecular weight excluding hydrogens is 472 g/mol. The van der Waals surface area contributed by atoms with Gasteiger partial charge in [0.2, 0.25) is 0 Å². The van der Waals surface area contributed by atoms with Crippen molar-refractivity contribution >= 4 is 0 Å². The van der Waals surface area contributed by atoms with E-state index in [0.29, 0.717) is 17.8 Å². The Morgan fingerprint density at radius 3 is 2.26 bits per heavy atom. The standard InChI is InChI=1S/C37H38N2/c1-3-29-18-23-36(39-27-29)26-32-16-21-34(22-17-32)37(28(2)12-13-30-9-5-4-6-10-30)33-19-14-31(15-20-33)25-35-11-7-8-24-38-35/h1,4-11,14-15,18-20,23-24,27,32,34,37H,2,12-13,16-17,21-22,25-26H2. The summed E-state index contributed by atoms with van der Waals surface area (Å²) in [5.41, 5.74) is 8.58. The maximum absolute atomic E-state index is 5.50. The molecule has 1 aliphatic rings. The molecule has 196 valence electrons. The topological polar surface area (TPSA) is 25.8 Å².